The Balaban J connectivity index is 2.12. The quantitative estimate of drug-likeness (QED) is 0.567. The fourth-order valence-corrected chi connectivity index (χ4v) is 5.66. The second kappa shape index (κ2) is 10.1. The third kappa shape index (κ3) is 6.18. The van der Waals surface area contributed by atoms with Gasteiger partial charge < -0.3 is 9.64 Å². The highest BCUT2D eigenvalue weighted by Gasteiger charge is 2.37. The molecule has 2 rings (SSSR count). The van der Waals surface area contributed by atoms with E-state index in [1.165, 1.54) is 10.4 Å². The molecule has 1 saturated heterocycles. The van der Waals surface area contributed by atoms with Crippen LogP contribution in [0, 0.1) is 0 Å². The van der Waals surface area contributed by atoms with E-state index >= 15 is 0 Å². The molecule has 10 heteroatoms. The summed E-state index contributed by atoms with van der Waals surface area (Å²) in [6, 6.07) is 3.16. The lowest BCUT2D eigenvalue weighted by molar-refractivity contribution is -0.143. The molecule has 0 radical (unpaired) electrons. The second-order valence-electron chi connectivity index (χ2n) is 7.58. The van der Waals surface area contributed by atoms with Crippen molar-refractivity contribution in [3.05, 3.63) is 29.8 Å². The molecule has 0 amide bonds. The van der Waals surface area contributed by atoms with Gasteiger partial charge in [0.05, 0.1) is 23.5 Å². The summed E-state index contributed by atoms with van der Waals surface area (Å²) < 4.78 is 71.8. The molecule has 0 unspecified atom stereocenters. The molecule has 0 aliphatic carbocycles. The largest absolute Gasteiger partial charge is 0.466 e. The molecule has 1 fully saturated rings. The Kier molecular flexibility index (Phi) is 8.29. The van der Waals surface area contributed by atoms with Crippen LogP contribution in [0.3, 0.4) is 0 Å². The van der Waals surface area contributed by atoms with Gasteiger partial charge in [-0.1, -0.05) is 6.07 Å². The number of sulfonamides is 1. The van der Waals surface area contributed by atoms with Gasteiger partial charge >= 0.3 is 12.1 Å². The number of hydrogen-bond acceptors (Lipinski definition) is 5. The van der Waals surface area contributed by atoms with E-state index in [1.807, 2.05) is 0 Å². The third-order valence-electron chi connectivity index (χ3n) is 5.10. The fraction of sp³-hybridized carbons (Fsp3) is 0.650. The first-order chi connectivity index (χ1) is 14.0. The molecule has 1 aromatic rings. The van der Waals surface area contributed by atoms with Gasteiger partial charge in [0.2, 0.25) is 10.0 Å². The molecule has 6 nitrogen and oxygen atoms in total. The van der Waals surface area contributed by atoms with E-state index < -0.39 is 27.8 Å². The Morgan fingerprint density at radius 3 is 2.43 bits per heavy atom. The lowest BCUT2D eigenvalue weighted by Gasteiger charge is -2.39. The van der Waals surface area contributed by atoms with Crippen LogP contribution in [0.5, 0.6) is 0 Å². The number of carbonyl (C=O) groups is 1. The number of likely N-dealkylation sites (tertiary alicyclic amines) is 1. The van der Waals surface area contributed by atoms with Crippen molar-refractivity contribution in [3.8, 4) is 0 Å². The predicted octanol–water partition coefficient (Wildman–Crippen LogP) is 3.52. The van der Waals surface area contributed by atoms with Crippen LogP contribution in [0.25, 0.3) is 0 Å². The molecule has 0 saturated carbocycles. The minimum Gasteiger partial charge on any atom is -0.466 e. The predicted molar refractivity (Wildman–Crippen MR) is 106 cm³/mol. The number of halogens is 3. The zero-order valence-corrected chi connectivity index (χ0v) is 18.3. The molecule has 0 aromatic heterocycles. The van der Waals surface area contributed by atoms with E-state index in [9.17, 15) is 26.4 Å². The number of rotatable bonds is 8. The fourth-order valence-electron chi connectivity index (χ4n) is 3.73. The first-order valence-electron chi connectivity index (χ1n) is 10.1. The van der Waals surface area contributed by atoms with Gasteiger partial charge in [0.15, 0.2) is 0 Å². The number of ether oxygens (including phenoxy) is 1. The Morgan fingerprint density at radius 2 is 1.90 bits per heavy atom. The van der Waals surface area contributed by atoms with Gasteiger partial charge in [-0.25, -0.2) is 8.42 Å². The Labute approximate surface area is 176 Å². The highest BCUT2D eigenvalue weighted by Crippen LogP contribution is 2.33. The van der Waals surface area contributed by atoms with Gasteiger partial charge in [-0.3, -0.25) is 4.79 Å². The van der Waals surface area contributed by atoms with Crippen molar-refractivity contribution in [3.63, 3.8) is 0 Å². The van der Waals surface area contributed by atoms with E-state index in [-0.39, 0.29) is 23.3 Å². The Bertz CT molecular complexity index is 820. The van der Waals surface area contributed by atoms with Crippen molar-refractivity contribution in [2.75, 3.05) is 26.2 Å². The summed E-state index contributed by atoms with van der Waals surface area (Å²) in [5, 5.41) is 0. The van der Waals surface area contributed by atoms with Crippen LogP contribution in [-0.2, 0) is 25.7 Å². The molecule has 1 heterocycles. The average molecular weight is 451 g/mol. The molecule has 30 heavy (non-hydrogen) atoms. The van der Waals surface area contributed by atoms with Gasteiger partial charge in [-0.15, -0.1) is 0 Å². The number of carbonyl (C=O) groups excluding carboxylic acids is 1. The number of piperidine rings is 1. The van der Waals surface area contributed by atoms with Crippen molar-refractivity contribution < 1.29 is 31.1 Å². The number of benzene rings is 1. The van der Waals surface area contributed by atoms with Gasteiger partial charge in [0.25, 0.3) is 0 Å². The minimum atomic E-state index is -4.61. The van der Waals surface area contributed by atoms with Crippen LogP contribution >= 0.6 is 0 Å². The van der Waals surface area contributed by atoms with Crippen molar-refractivity contribution in [2.45, 2.75) is 63.2 Å². The van der Waals surface area contributed by atoms with Gasteiger partial charge in [0, 0.05) is 18.6 Å². The summed E-state index contributed by atoms with van der Waals surface area (Å²) in [7, 11) is -4.09. The average Bonchev–Trinajstić information content (AvgIpc) is 2.67. The number of alkyl halides is 3. The first-order valence-corrected chi connectivity index (χ1v) is 11.5. The lowest BCUT2D eigenvalue weighted by Crippen LogP contribution is -2.50. The number of nitrogens with zero attached hydrogens (tertiary/aromatic N) is 2. The zero-order chi connectivity index (χ0) is 22.5. The molecule has 170 valence electrons. The molecule has 0 N–H and O–H groups in total. The monoisotopic (exact) mass is 450 g/mol. The molecule has 0 spiro atoms. The van der Waals surface area contributed by atoms with E-state index in [0.717, 1.165) is 12.1 Å². The van der Waals surface area contributed by atoms with Crippen LogP contribution in [0.15, 0.2) is 29.2 Å². The summed E-state index contributed by atoms with van der Waals surface area (Å²) in [5.74, 6) is -0.268. The highest BCUT2D eigenvalue weighted by molar-refractivity contribution is 7.89. The minimum absolute atomic E-state index is 0.268. The topological polar surface area (TPSA) is 66.9 Å². The van der Waals surface area contributed by atoms with Crippen molar-refractivity contribution in [1.29, 1.82) is 0 Å². The molecule has 0 bridgehead atoms. The van der Waals surface area contributed by atoms with E-state index in [0.29, 0.717) is 45.1 Å². The summed E-state index contributed by atoms with van der Waals surface area (Å²) in [6.07, 6.45) is -3.26. The standard InChI is InChI=1S/C20H29F3N2O4S/c1-4-29-19(26)10-13-24-11-8-17(9-12-24)25(15(2)3)30(27,28)18-7-5-6-16(14-18)20(21,22)23/h5-7,14-15,17H,4,8-13H2,1-3H3. The normalized spacial score (nSPS) is 16.9. The Morgan fingerprint density at radius 1 is 1.27 bits per heavy atom. The van der Waals surface area contributed by atoms with Crippen molar-refractivity contribution in [1.82, 2.24) is 9.21 Å². The van der Waals surface area contributed by atoms with Crippen molar-refractivity contribution in [2.24, 2.45) is 0 Å². The molecular weight excluding hydrogens is 421 g/mol. The molecule has 1 aliphatic rings. The van der Waals surface area contributed by atoms with E-state index in [4.69, 9.17) is 4.74 Å². The smallest absolute Gasteiger partial charge is 0.416 e. The van der Waals surface area contributed by atoms with Gasteiger partial charge in [-0.2, -0.15) is 17.5 Å². The summed E-state index contributed by atoms with van der Waals surface area (Å²) in [4.78, 5) is 13.2. The van der Waals surface area contributed by atoms with Crippen LogP contribution in [0.1, 0.15) is 45.6 Å². The third-order valence-corrected chi connectivity index (χ3v) is 7.22. The molecule has 0 atom stereocenters. The molecule has 1 aromatic carbocycles. The molecule has 1 aliphatic heterocycles. The zero-order valence-electron chi connectivity index (χ0n) is 17.5. The van der Waals surface area contributed by atoms with Crippen LogP contribution in [0.4, 0.5) is 13.2 Å². The van der Waals surface area contributed by atoms with E-state index in [2.05, 4.69) is 4.90 Å². The maximum atomic E-state index is 13.2. The Hall–Kier alpha value is -1.65. The highest BCUT2D eigenvalue weighted by atomic mass is 32.2. The van der Waals surface area contributed by atoms with Crippen LogP contribution in [-0.4, -0.2) is 61.9 Å². The van der Waals surface area contributed by atoms with Gasteiger partial charge in [0.1, 0.15) is 0 Å². The first kappa shape index (κ1) is 24.6. The maximum Gasteiger partial charge on any atom is 0.416 e. The lowest BCUT2D eigenvalue weighted by atomic mass is 10.0. The number of hydrogen-bond donors (Lipinski definition) is 0. The summed E-state index contributed by atoms with van der Waals surface area (Å²) in [6.45, 7) is 7.26. The maximum absolute atomic E-state index is 13.2. The SMILES string of the molecule is CCOC(=O)CCN1CCC(N(C(C)C)S(=O)(=O)c2cccc(C(F)(F)F)c2)CC1. The summed E-state index contributed by atoms with van der Waals surface area (Å²) >= 11 is 0. The van der Waals surface area contributed by atoms with Crippen molar-refractivity contribution >= 4 is 16.0 Å². The van der Waals surface area contributed by atoms with Crippen LogP contribution in [0.2, 0.25) is 0 Å². The second-order valence-corrected chi connectivity index (χ2v) is 9.43. The molecular formula is C20H29F3N2O4S. The summed E-state index contributed by atoms with van der Waals surface area (Å²) in [5.41, 5.74) is -0.985. The van der Waals surface area contributed by atoms with Crippen LogP contribution < -0.4 is 0 Å². The van der Waals surface area contributed by atoms with E-state index in [1.54, 1.807) is 20.8 Å². The van der Waals surface area contributed by atoms with Gasteiger partial charge in [-0.05, 0) is 64.9 Å². The number of esters is 1.